The number of anilines is 2. The fourth-order valence-electron chi connectivity index (χ4n) is 9.52. The average Bonchev–Trinajstić information content (AvgIpc) is 3.57. The fourth-order valence-corrected chi connectivity index (χ4v) is 9.73. The molecule has 0 unspecified atom stereocenters. The van der Waals surface area contributed by atoms with E-state index in [2.05, 4.69) is 235 Å². The number of amidine groups is 2. The van der Waals surface area contributed by atoms with Crippen molar-refractivity contribution in [2.45, 2.75) is 178 Å². The highest BCUT2D eigenvalue weighted by molar-refractivity contribution is 6.69. The van der Waals surface area contributed by atoms with Crippen LogP contribution in [0.1, 0.15) is 228 Å². The summed E-state index contributed by atoms with van der Waals surface area (Å²) in [6.45, 7) is 40.1. The van der Waals surface area contributed by atoms with Gasteiger partial charge in [-0.3, -0.25) is 9.98 Å². The van der Waals surface area contributed by atoms with Gasteiger partial charge in [-0.15, -0.1) is 0 Å². The van der Waals surface area contributed by atoms with Gasteiger partial charge in [0.1, 0.15) is 16.8 Å². The lowest BCUT2D eigenvalue weighted by Crippen LogP contribution is -2.21. The SMILES string of the molecule is CC(C)c1cccc(C(C)C)c1N=C(Cl)c1ccccc1.CC(C)c1cccc(C(C)C)c1NC(=NCCCCCN=C(Nc1c(C(C)C)cccc1C(C)C)c1ccccc1)c1ccccc1.CCN(CC)CC.NCCCCCN. The maximum absolute atomic E-state index is 6.44. The molecule has 0 amide bonds. The number of nitrogens with one attached hydrogen (secondary N) is 2. The van der Waals surface area contributed by atoms with E-state index in [9.17, 15) is 0 Å². The van der Waals surface area contributed by atoms with E-state index in [-0.39, 0.29) is 0 Å². The largest absolute Gasteiger partial charge is 0.340 e. The number of nitrogens with two attached hydrogens (primary N) is 2. The third-order valence-electron chi connectivity index (χ3n) is 14.5. The lowest BCUT2D eigenvalue weighted by Gasteiger charge is -2.22. The molecular weight excluding hydrogens is 1020 g/mol. The molecule has 6 aromatic rings. The van der Waals surface area contributed by atoms with E-state index in [0.29, 0.717) is 40.7 Å². The number of benzene rings is 6. The Hall–Kier alpha value is -5.90. The Labute approximate surface area is 504 Å². The molecule has 8 nitrogen and oxygen atoms in total. The highest BCUT2D eigenvalue weighted by Crippen LogP contribution is 2.37. The van der Waals surface area contributed by atoms with Crippen LogP contribution in [0.15, 0.2) is 161 Å². The summed E-state index contributed by atoms with van der Waals surface area (Å²) in [5, 5.41) is 8.14. The Balaban J connectivity index is 0.000000409. The maximum Gasteiger partial charge on any atom is 0.136 e. The van der Waals surface area contributed by atoms with Crippen LogP contribution in [-0.2, 0) is 0 Å². The molecule has 0 aliphatic heterocycles. The first kappa shape index (κ1) is 70.4. The van der Waals surface area contributed by atoms with Crippen molar-refractivity contribution >= 4 is 45.5 Å². The molecule has 82 heavy (non-hydrogen) atoms. The van der Waals surface area contributed by atoms with Gasteiger partial charge in [-0.25, -0.2) is 4.99 Å². The standard InChI is InChI=1S/C43H56N4.C19H22ClN.C6H15N.C5H14N2/c1-30(2)36-24-18-25-37(31(3)4)40(36)46-42(34-20-12-9-13-21-34)44-28-16-11-17-29-45-43(35-22-14-10-15-23-35)47-41-38(32(5)6)26-19-27-39(41)33(7)8;1-13(2)16-11-8-12-17(14(3)4)18(16)21-19(20)15-9-6-5-7-10-15;1-4-7(5-2)6-3;6-4-2-1-3-5-7/h9-10,12-15,18-27,30-33H,11,16-17,28-29H2,1-8H3,(H,44,46)(H,45,47);5-14H,1-4H3;4-6H2,1-3H3;1-7H2. The van der Waals surface area contributed by atoms with Gasteiger partial charge in [0, 0.05) is 41.2 Å². The monoisotopic (exact) mass is 1130 g/mol. The first-order valence-electron chi connectivity index (χ1n) is 31.0. The smallest absolute Gasteiger partial charge is 0.136 e. The number of unbranched alkanes of at least 4 members (excludes halogenated alkanes) is 4. The summed E-state index contributed by atoms with van der Waals surface area (Å²) >= 11 is 6.44. The van der Waals surface area contributed by atoms with Crippen LogP contribution < -0.4 is 22.1 Å². The summed E-state index contributed by atoms with van der Waals surface area (Å²) in [6.07, 6.45) is 6.52. The van der Waals surface area contributed by atoms with Gasteiger partial charge in [0.05, 0.1) is 5.69 Å². The number of para-hydroxylation sites is 3. The van der Waals surface area contributed by atoms with Crippen LogP contribution in [-0.4, -0.2) is 67.6 Å². The molecule has 0 radical (unpaired) electrons. The van der Waals surface area contributed by atoms with E-state index >= 15 is 0 Å². The van der Waals surface area contributed by atoms with Crippen molar-refractivity contribution < 1.29 is 0 Å². The second-order valence-corrected chi connectivity index (χ2v) is 23.2. The van der Waals surface area contributed by atoms with Gasteiger partial charge in [-0.2, -0.15) is 0 Å². The molecule has 6 aromatic carbocycles. The molecular formula is C73H107ClN8. The van der Waals surface area contributed by atoms with Crippen molar-refractivity contribution in [3.63, 3.8) is 0 Å². The second kappa shape index (κ2) is 39.6. The molecule has 6 N–H and O–H groups in total. The Morgan fingerprint density at radius 3 is 0.963 bits per heavy atom. The Bertz CT molecular complexity index is 2550. The lowest BCUT2D eigenvalue weighted by atomic mass is 9.92. The lowest BCUT2D eigenvalue weighted by molar-refractivity contribution is 0.321. The predicted octanol–water partition coefficient (Wildman–Crippen LogP) is 19.4. The predicted molar refractivity (Wildman–Crippen MR) is 365 cm³/mol. The Morgan fingerprint density at radius 2 is 0.683 bits per heavy atom. The van der Waals surface area contributed by atoms with Crippen molar-refractivity contribution in [2.75, 3.05) is 56.4 Å². The molecule has 446 valence electrons. The van der Waals surface area contributed by atoms with Gasteiger partial charge < -0.3 is 27.0 Å². The summed E-state index contributed by atoms with van der Waals surface area (Å²) in [4.78, 5) is 17.4. The minimum atomic E-state index is 0.417. The van der Waals surface area contributed by atoms with Crippen molar-refractivity contribution in [3.8, 4) is 0 Å². The number of rotatable bonds is 25. The fraction of sp³-hybridized carbons (Fsp3) is 0.466. The maximum atomic E-state index is 6.44. The third-order valence-corrected chi connectivity index (χ3v) is 14.8. The summed E-state index contributed by atoms with van der Waals surface area (Å²) in [7, 11) is 0. The summed E-state index contributed by atoms with van der Waals surface area (Å²) in [5.74, 6) is 4.39. The van der Waals surface area contributed by atoms with Crippen LogP contribution in [0, 0.1) is 0 Å². The molecule has 0 aromatic heterocycles. The Kier molecular flexibility index (Phi) is 33.9. The Morgan fingerprint density at radius 1 is 0.390 bits per heavy atom. The van der Waals surface area contributed by atoms with Crippen LogP contribution in [0.4, 0.5) is 17.1 Å². The molecule has 0 heterocycles. The summed E-state index contributed by atoms with van der Waals surface area (Å²) in [6, 6.07) is 50.7. The summed E-state index contributed by atoms with van der Waals surface area (Å²) < 4.78 is 0. The van der Waals surface area contributed by atoms with Crippen LogP contribution >= 0.6 is 11.6 Å². The van der Waals surface area contributed by atoms with Gasteiger partial charge in [-0.05, 0) is 134 Å². The van der Waals surface area contributed by atoms with E-state index in [1.54, 1.807) is 0 Å². The van der Waals surface area contributed by atoms with E-state index in [0.717, 1.165) is 92.3 Å². The quantitative estimate of drug-likeness (QED) is 0.0259. The zero-order chi connectivity index (χ0) is 60.4. The van der Waals surface area contributed by atoms with Crippen molar-refractivity contribution in [1.82, 2.24) is 4.90 Å². The minimum Gasteiger partial charge on any atom is -0.340 e. The first-order valence-corrected chi connectivity index (χ1v) is 31.4. The molecule has 0 saturated carbocycles. The van der Waals surface area contributed by atoms with Crippen LogP contribution in [0.25, 0.3) is 0 Å². The molecule has 0 atom stereocenters. The third kappa shape index (κ3) is 24.1. The molecule has 6 rings (SSSR count). The van der Waals surface area contributed by atoms with Gasteiger partial charge >= 0.3 is 0 Å². The molecule has 9 heteroatoms. The van der Waals surface area contributed by atoms with E-state index in [4.69, 9.17) is 38.0 Å². The number of aliphatic imine (C=N–C) groups is 3. The number of hydrogen-bond donors (Lipinski definition) is 4. The second-order valence-electron chi connectivity index (χ2n) is 22.9. The number of nitrogens with zero attached hydrogens (tertiary/aromatic N) is 4. The average molecular weight is 1130 g/mol. The van der Waals surface area contributed by atoms with Crippen LogP contribution in [0.5, 0.6) is 0 Å². The van der Waals surface area contributed by atoms with Gasteiger partial charge in [-0.1, -0.05) is 267 Å². The van der Waals surface area contributed by atoms with Gasteiger partial charge in [0.15, 0.2) is 0 Å². The molecule has 0 saturated heterocycles. The van der Waals surface area contributed by atoms with E-state index in [1.165, 1.54) is 70.8 Å². The molecule has 0 aliphatic rings. The molecule has 0 fully saturated rings. The van der Waals surface area contributed by atoms with Crippen LogP contribution in [0.2, 0.25) is 0 Å². The topological polar surface area (TPSA) is 116 Å². The van der Waals surface area contributed by atoms with Gasteiger partial charge in [0.2, 0.25) is 0 Å². The summed E-state index contributed by atoms with van der Waals surface area (Å²) in [5.41, 5.74) is 24.9. The molecule has 0 aliphatic carbocycles. The highest BCUT2D eigenvalue weighted by Gasteiger charge is 2.19. The number of hydrogen-bond acceptors (Lipinski definition) is 6. The number of halogens is 1. The van der Waals surface area contributed by atoms with Crippen molar-refractivity contribution in [2.24, 2.45) is 26.4 Å². The van der Waals surface area contributed by atoms with E-state index < -0.39 is 0 Å². The zero-order valence-corrected chi connectivity index (χ0v) is 54.1. The van der Waals surface area contributed by atoms with Crippen LogP contribution in [0.3, 0.4) is 0 Å². The first-order chi connectivity index (χ1) is 39.4. The normalized spacial score (nSPS) is 11.9. The minimum absolute atomic E-state index is 0.417. The van der Waals surface area contributed by atoms with Crippen molar-refractivity contribution in [1.29, 1.82) is 0 Å². The molecule has 0 spiro atoms. The molecule has 0 bridgehead atoms. The van der Waals surface area contributed by atoms with Gasteiger partial charge in [0.25, 0.3) is 0 Å². The highest BCUT2D eigenvalue weighted by atomic mass is 35.5. The van der Waals surface area contributed by atoms with Crippen molar-refractivity contribution in [3.05, 3.63) is 196 Å². The zero-order valence-electron chi connectivity index (χ0n) is 53.3. The van der Waals surface area contributed by atoms with E-state index in [1.807, 2.05) is 30.3 Å².